The van der Waals surface area contributed by atoms with Gasteiger partial charge < -0.3 is 5.11 Å². The van der Waals surface area contributed by atoms with Crippen LogP contribution in [0.2, 0.25) is 4.34 Å². The number of hydrogen-bond acceptors (Lipinski definition) is 2. The fourth-order valence-electron chi connectivity index (χ4n) is 1.89. The van der Waals surface area contributed by atoms with E-state index in [9.17, 15) is 9.50 Å². The van der Waals surface area contributed by atoms with Crippen molar-refractivity contribution in [1.82, 2.24) is 0 Å². The first-order chi connectivity index (χ1) is 7.99. The molecule has 1 nitrogen and oxygen atoms in total. The summed E-state index contributed by atoms with van der Waals surface area (Å²) in [6.07, 6.45) is -0.951. The summed E-state index contributed by atoms with van der Waals surface area (Å²) in [5.41, 5.74) is 1.92. The van der Waals surface area contributed by atoms with Gasteiger partial charge in [-0.3, -0.25) is 0 Å². The van der Waals surface area contributed by atoms with Crippen LogP contribution in [0.1, 0.15) is 27.7 Å². The van der Waals surface area contributed by atoms with Gasteiger partial charge in [-0.1, -0.05) is 17.7 Å². The lowest BCUT2D eigenvalue weighted by Crippen LogP contribution is -2.04. The lowest BCUT2D eigenvalue weighted by atomic mass is 9.99. The summed E-state index contributed by atoms with van der Waals surface area (Å²) in [7, 11) is 0. The van der Waals surface area contributed by atoms with Crippen molar-refractivity contribution >= 4 is 22.9 Å². The molecule has 1 unspecified atom stereocenters. The molecule has 0 bridgehead atoms. The van der Waals surface area contributed by atoms with Crippen molar-refractivity contribution in [3.05, 3.63) is 56.0 Å². The first-order valence-electron chi connectivity index (χ1n) is 5.19. The van der Waals surface area contributed by atoms with Gasteiger partial charge in [0.15, 0.2) is 0 Å². The van der Waals surface area contributed by atoms with Crippen LogP contribution in [0.15, 0.2) is 24.3 Å². The number of rotatable bonds is 2. The molecule has 1 N–H and O–H groups in total. The van der Waals surface area contributed by atoms with Gasteiger partial charge in [-0.15, -0.1) is 11.3 Å². The molecule has 0 fully saturated rings. The normalized spacial score (nSPS) is 12.8. The van der Waals surface area contributed by atoms with Gasteiger partial charge in [0.05, 0.1) is 4.34 Å². The van der Waals surface area contributed by atoms with E-state index in [0.717, 1.165) is 11.1 Å². The van der Waals surface area contributed by atoms with Gasteiger partial charge in [0.1, 0.15) is 11.9 Å². The van der Waals surface area contributed by atoms with Crippen LogP contribution < -0.4 is 0 Å². The summed E-state index contributed by atoms with van der Waals surface area (Å²) < 4.78 is 14.5. The van der Waals surface area contributed by atoms with Crippen LogP contribution in [0.4, 0.5) is 4.39 Å². The fraction of sp³-hybridized carbons (Fsp3) is 0.231. The zero-order chi connectivity index (χ0) is 12.6. The molecule has 2 rings (SSSR count). The van der Waals surface area contributed by atoms with Crippen LogP contribution in [0, 0.1) is 19.7 Å². The third-order valence-electron chi connectivity index (χ3n) is 2.62. The van der Waals surface area contributed by atoms with E-state index in [0.29, 0.717) is 14.8 Å². The topological polar surface area (TPSA) is 20.2 Å². The molecule has 0 aliphatic carbocycles. The van der Waals surface area contributed by atoms with Crippen molar-refractivity contribution in [3.8, 4) is 0 Å². The fourth-order valence-corrected chi connectivity index (χ4v) is 2.95. The maximum Gasteiger partial charge on any atom is 0.129 e. The first-order valence-corrected chi connectivity index (χ1v) is 6.38. The Morgan fingerprint density at radius 2 is 2.00 bits per heavy atom. The minimum Gasteiger partial charge on any atom is -0.383 e. The second-order valence-electron chi connectivity index (χ2n) is 4.02. The van der Waals surface area contributed by atoms with Gasteiger partial charge in [0.2, 0.25) is 0 Å². The second kappa shape index (κ2) is 4.77. The molecule has 0 radical (unpaired) electrons. The third-order valence-corrected chi connectivity index (χ3v) is 3.90. The molecule has 1 heterocycles. The molecule has 1 aromatic carbocycles. The number of halogens is 2. The van der Waals surface area contributed by atoms with E-state index >= 15 is 0 Å². The summed E-state index contributed by atoms with van der Waals surface area (Å²) in [4.78, 5) is 0.654. The highest BCUT2D eigenvalue weighted by Gasteiger charge is 2.19. The van der Waals surface area contributed by atoms with Gasteiger partial charge in [-0.25, -0.2) is 4.39 Å². The van der Waals surface area contributed by atoms with Crippen LogP contribution in [-0.4, -0.2) is 5.11 Å². The highest BCUT2D eigenvalue weighted by molar-refractivity contribution is 7.16. The van der Waals surface area contributed by atoms with Crippen LogP contribution in [0.25, 0.3) is 0 Å². The summed E-state index contributed by atoms with van der Waals surface area (Å²) in [5, 5.41) is 10.2. The average molecular weight is 271 g/mol. The molecular formula is C13H12ClFOS. The standard InChI is InChI=1S/C13H12ClFOS/c1-7-5-8(2)12(9(15)6-7)13(16)10-3-4-11(14)17-10/h3-6,13,16H,1-2H3. The minimum atomic E-state index is -0.951. The molecule has 0 aliphatic rings. The maximum absolute atomic E-state index is 13.9. The molecule has 17 heavy (non-hydrogen) atoms. The predicted molar refractivity (Wildman–Crippen MR) is 69.3 cm³/mol. The van der Waals surface area contributed by atoms with Gasteiger partial charge >= 0.3 is 0 Å². The number of thiophene rings is 1. The Balaban J connectivity index is 2.47. The average Bonchev–Trinajstić information content (AvgIpc) is 2.63. The summed E-state index contributed by atoms with van der Waals surface area (Å²) >= 11 is 7.07. The zero-order valence-electron chi connectivity index (χ0n) is 9.50. The van der Waals surface area contributed by atoms with E-state index in [-0.39, 0.29) is 5.82 Å². The Kier molecular flexibility index (Phi) is 3.52. The van der Waals surface area contributed by atoms with Gasteiger partial charge in [0.25, 0.3) is 0 Å². The van der Waals surface area contributed by atoms with Crippen molar-refractivity contribution in [2.45, 2.75) is 20.0 Å². The van der Waals surface area contributed by atoms with Crippen molar-refractivity contribution in [2.75, 3.05) is 0 Å². The van der Waals surface area contributed by atoms with Crippen LogP contribution in [0.5, 0.6) is 0 Å². The number of benzene rings is 1. The molecule has 0 amide bonds. The Morgan fingerprint density at radius 1 is 1.29 bits per heavy atom. The molecule has 0 saturated carbocycles. The number of aliphatic hydroxyl groups is 1. The van der Waals surface area contributed by atoms with E-state index in [1.54, 1.807) is 19.1 Å². The lowest BCUT2D eigenvalue weighted by Gasteiger charge is -2.14. The van der Waals surface area contributed by atoms with E-state index < -0.39 is 6.10 Å². The molecular weight excluding hydrogens is 259 g/mol. The molecule has 1 atom stereocenters. The Morgan fingerprint density at radius 3 is 2.53 bits per heavy atom. The monoisotopic (exact) mass is 270 g/mol. The summed E-state index contributed by atoms with van der Waals surface area (Å²) in [5.74, 6) is -0.375. The van der Waals surface area contributed by atoms with Crippen LogP contribution >= 0.6 is 22.9 Å². The number of aryl methyl sites for hydroxylation is 2. The first kappa shape index (κ1) is 12.6. The summed E-state index contributed by atoms with van der Waals surface area (Å²) in [6, 6.07) is 6.71. The van der Waals surface area contributed by atoms with E-state index in [1.165, 1.54) is 17.4 Å². The second-order valence-corrected chi connectivity index (χ2v) is 5.77. The van der Waals surface area contributed by atoms with Crippen molar-refractivity contribution in [2.24, 2.45) is 0 Å². The molecule has 1 aromatic heterocycles. The Hall–Kier alpha value is -0.900. The summed E-state index contributed by atoms with van der Waals surface area (Å²) in [6.45, 7) is 3.62. The van der Waals surface area contributed by atoms with Crippen molar-refractivity contribution < 1.29 is 9.50 Å². The molecule has 2 aromatic rings. The largest absolute Gasteiger partial charge is 0.383 e. The van der Waals surface area contributed by atoms with E-state index in [1.807, 2.05) is 13.0 Å². The maximum atomic E-state index is 13.9. The molecule has 90 valence electrons. The van der Waals surface area contributed by atoms with Crippen molar-refractivity contribution in [1.29, 1.82) is 0 Å². The number of hydrogen-bond donors (Lipinski definition) is 1. The zero-order valence-corrected chi connectivity index (χ0v) is 11.1. The predicted octanol–water partition coefficient (Wildman–Crippen LogP) is 4.24. The highest BCUT2D eigenvalue weighted by atomic mass is 35.5. The van der Waals surface area contributed by atoms with Crippen molar-refractivity contribution in [3.63, 3.8) is 0 Å². The third kappa shape index (κ3) is 2.51. The molecule has 4 heteroatoms. The lowest BCUT2D eigenvalue weighted by molar-refractivity contribution is 0.218. The van der Waals surface area contributed by atoms with Gasteiger partial charge in [-0.2, -0.15) is 0 Å². The highest BCUT2D eigenvalue weighted by Crippen LogP contribution is 2.33. The molecule has 0 spiro atoms. The van der Waals surface area contributed by atoms with Crippen LogP contribution in [0.3, 0.4) is 0 Å². The van der Waals surface area contributed by atoms with Crippen LogP contribution in [-0.2, 0) is 0 Å². The Labute approximate surface area is 108 Å². The van der Waals surface area contributed by atoms with E-state index in [2.05, 4.69) is 0 Å². The SMILES string of the molecule is Cc1cc(C)c(C(O)c2ccc(Cl)s2)c(F)c1. The molecule has 0 saturated heterocycles. The quantitative estimate of drug-likeness (QED) is 0.865. The minimum absolute atomic E-state index is 0.328. The molecule has 0 aliphatic heterocycles. The smallest absolute Gasteiger partial charge is 0.129 e. The van der Waals surface area contributed by atoms with Gasteiger partial charge in [0, 0.05) is 10.4 Å². The number of aliphatic hydroxyl groups excluding tert-OH is 1. The van der Waals surface area contributed by atoms with E-state index in [4.69, 9.17) is 11.6 Å². The Bertz CT molecular complexity index is 527. The van der Waals surface area contributed by atoms with Gasteiger partial charge in [-0.05, 0) is 43.2 Å².